The average Bonchev–Trinajstić information content (AvgIpc) is 3.02. The fraction of sp³-hybridized carbons (Fsp3) is 0.333. The van der Waals surface area contributed by atoms with Crippen LogP contribution >= 0.6 is 11.6 Å². The van der Waals surface area contributed by atoms with Gasteiger partial charge in [0.1, 0.15) is 0 Å². The van der Waals surface area contributed by atoms with Crippen molar-refractivity contribution in [1.82, 2.24) is 9.73 Å². The molecule has 2 aromatic carbocycles. The number of nitrogens with zero attached hydrogens (tertiary/aromatic N) is 2. The lowest BCUT2D eigenvalue weighted by Crippen LogP contribution is -2.31. The van der Waals surface area contributed by atoms with Crippen molar-refractivity contribution in [2.24, 2.45) is 5.10 Å². The molecule has 8 heteroatoms. The molecule has 3 rings (SSSR count). The Labute approximate surface area is 176 Å². The third-order valence-corrected chi connectivity index (χ3v) is 7.03. The molecule has 0 aromatic heterocycles. The summed E-state index contributed by atoms with van der Waals surface area (Å²) in [7, 11) is -3.48. The highest BCUT2D eigenvalue weighted by molar-refractivity contribution is 7.89. The molecule has 6 nitrogen and oxygen atoms in total. The summed E-state index contributed by atoms with van der Waals surface area (Å²) >= 11 is 5.90. The van der Waals surface area contributed by atoms with Crippen molar-refractivity contribution >= 4 is 33.2 Å². The van der Waals surface area contributed by atoms with E-state index in [9.17, 15) is 13.2 Å². The van der Waals surface area contributed by atoms with Crippen LogP contribution in [0.25, 0.3) is 0 Å². The summed E-state index contributed by atoms with van der Waals surface area (Å²) in [5, 5.41) is 4.58. The minimum Gasteiger partial charge on any atom is -0.267 e. The normalized spacial score (nSPS) is 16.3. The van der Waals surface area contributed by atoms with Crippen LogP contribution in [0.5, 0.6) is 0 Å². The molecule has 1 aliphatic heterocycles. The Morgan fingerprint density at radius 2 is 1.66 bits per heavy atom. The van der Waals surface area contributed by atoms with E-state index < -0.39 is 10.0 Å². The van der Waals surface area contributed by atoms with E-state index in [1.54, 1.807) is 59.8 Å². The zero-order chi connectivity index (χ0) is 20.9. The first-order valence-corrected chi connectivity index (χ1v) is 11.4. The molecule has 29 heavy (non-hydrogen) atoms. The van der Waals surface area contributed by atoms with Gasteiger partial charge in [0.25, 0.3) is 5.91 Å². The highest BCUT2D eigenvalue weighted by atomic mass is 35.5. The Hall–Kier alpha value is -2.22. The first-order chi connectivity index (χ1) is 13.9. The fourth-order valence-electron chi connectivity index (χ4n) is 3.19. The number of sulfonamides is 1. The Bertz CT molecular complexity index is 996. The molecule has 0 aliphatic carbocycles. The van der Waals surface area contributed by atoms with Gasteiger partial charge in [-0.05, 0) is 55.7 Å². The third-order valence-electron chi connectivity index (χ3n) is 4.89. The first-order valence-electron chi connectivity index (χ1n) is 9.59. The van der Waals surface area contributed by atoms with Gasteiger partial charge in [-0.15, -0.1) is 0 Å². The van der Waals surface area contributed by atoms with E-state index in [1.165, 1.54) is 0 Å². The molecular weight excluding hydrogens is 410 g/mol. The van der Waals surface area contributed by atoms with Crippen LogP contribution in [0.15, 0.2) is 58.5 Å². The number of hydrogen-bond donors (Lipinski definition) is 1. The second-order valence-corrected chi connectivity index (χ2v) is 9.37. The summed E-state index contributed by atoms with van der Waals surface area (Å²) < 4.78 is 27.3. The summed E-state index contributed by atoms with van der Waals surface area (Å²) in [5.41, 5.74) is 4.20. The van der Waals surface area contributed by atoms with Gasteiger partial charge in [-0.1, -0.05) is 42.6 Å². The highest BCUT2D eigenvalue weighted by Crippen LogP contribution is 2.21. The van der Waals surface area contributed by atoms with Crippen LogP contribution in [0.4, 0.5) is 0 Å². The number of hydrogen-bond acceptors (Lipinski definition) is 4. The molecule has 1 aliphatic rings. The molecule has 0 spiro atoms. The van der Waals surface area contributed by atoms with Crippen molar-refractivity contribution in [3.05, 3.63) is 64.7 Å². The average molecular weight is 434 g/mol. The second-order valence-electron chi connectivity index (χ2n) is 6.99. The van der Waals surface area contributed by atoms with Crippen LogP contribution in [-0.4, -0.2) is 37.4 Å². The molecule has 0 unspecified atom stereocenters. The van der Waals surface area contributed by atoms with Gasteiger partial charge in [0.05, 0.1) is 10.6 Å². The van der Waals surface area contributed by atoms with Crippen LogP contribution in [0.2, 0.25) is 5.02 Å². The van der Waals surface area contributed by atoms with E-state index in [4.69, 9.17) is 11.6 Å². The summed E-state index contributed by atoms with van der Waals surface area (Å²) in [6, 6.07) is 13.2. The van der Waals surface area contributed by atoms with Crippen molar-refractivity contribution in [3.8, 4) is 0 Å². The SMILES string of the molecule is C/C(=N\NC(=O)c1cccc(Cl)c1)c1ccc(S(=O)(=O)N2CCCCCC2)cc1. The number of nitrogens with one attached hydrogen (secondary N) is 1. The molecule has 1 amide bonds. The quantitative estimate of drug-likeness (QED) is 0.570. The van der Waals surface area contributed by atoms with Crippen molar-refractivity contribution in [1.29, 1.82) is 0 Å². The molecule has 0 radical (unpaired) electrons. The lowest BCUT2D eigenvalue weighted by atomic mass is 10.1. The Balaban J connectivity index is 1.70. The second kappa shape index (κ2) is 9.52. The predicted molar refractivity (Wildman–Crippen MR) is 115 cm³/mol. The smallest absolute Gasteiger partial charge is 0.267 e. The van der Waals surface area contributed by atoms with E-state index in [-0.39, 0.29) is 10.8 Å². The van der Waals surface area contributed by atoms with Gasteiger partial charge >= 0.3 is 0 Å². The van der Waals surface area contributed by atoms with E-state index in [0.717, 1.165) is 31.2 Å². The molecule has 0 atom stereocenters. The maximum Gasteiger partial charge on any atom is 0.271 e. The van der Waals surface area contributed by atoms with Crippen LogP contribution in [-0.2, 0) is 10.0 Å². The largest absolute Gasteiger partial charge is 0.271 e. The maximum atomic E-state index is 12.8. The van der Waals surface area contributed by atoms with Crippen molar-refractivity contribution < 1.29 is 13.2 Å². The Morgan fingerprint density at radius 1 is 1.00 bits per heavy atom. The van der Waals surface area contributed by atoms with E-state index in [1.807, 2.05) is 0 Å². The molecule has 1 N–H and O–H groups in total. The maximum absolute atomic E-state index is 12.8. The van der Waals surface area contributed by atoms with Gasteiger partial charge in [-0.2, -0.15) is 9.41 Å². The van der Waals surface area contributed by atoms with Crippen molar-refractivity contribution in [2.75, 3.05) is 13.1 Å². The van der Waals surface area contributed by atoms with Crippen LogP contribution in [0.1, 0.15) is 48.5 Å². The van der Waals surface area contributed by atoms with Gasteiger partial charge < -0.3 is 0 Å². The number of hydrazone groups is 1. The Morgan fingerprint density at radius 3 is 2.28 bits per heavy atom. The number of halogens is 1. The van der Waals surface area contributed by atoms with Crippen LogP contribution < -0.4 is 5.43 Å². The fourth-order valence-corrected chi connectivity index (χ4v) is 4.90. The Kier molecular flexibility index (Phi) is 7.05. The zero-order valence-electron chi connectivity index (χ0n) is 16.3. The molecule has 1 fully saturated rings. The van der Waals surface area contributed by atoms with Crippen molar-refractivity contribution in [3.63, 3.8) is 0 Å². The van der Waals surface area contributed by atoms with E-state index in [2.05, 4.69) is 10.5 Å². The monoisotopic (exact) mass is 433 g/mol. The number of rotatable bonds is 5. The first kappa shape index (κ1) is 21.5. The molecule has 1 saturated heterocycles. The predicted octanol–water partition coefficient (Wildman–Crippen LogP) is 4.06. The van der Waals surface area contributed by atoms with Crippen LogP contribution in [0.3, 0.4) is 0 Å². The van der Waals surface area contributed by atoms with Gasteiger partial charge in [0, 0.05) is 23.7 Å². The lowest BCUT2D eigenvalue weighted by Gasteiger charge is -2.20. The molecule has 0 saturated carbocycles. The minimum atomic E-state index is -3.48. The van der Waals surface area contributed by atoms with E-state index >= 15 is 0 Å². The highest BCUT2D eigenvalue weighted by Gasteiger charge is 2.25. The minimum absolute atomic E-state index is 0.277. The molecular formula is C21H24ClN3O3S. The summed E-state index contributed by atoms with van der Waals surface area (Å²) in [6.45, 7) is 2.89. The third kappa shape index (κ3) is 5.44. The standard InChI is InChI=1S/C21H24ClN3O3S/c1-16(23-24-21(26)18-7-6-8-19(22)15-18)17-9-11-20(12-10-17)29(27,28)25-13-4-2-3-5-14-25/h6-12,15H,2-5,13-14H2,1H3,(H,24,26)/b23-16+. The molecule has 0 bridgehead atoms. The van der Waals surface area contributed by atoms with Gasteiger partial charge in [-0.25, -0.2) is 13.8 Å². The van der Waals surface area contributed by atoms with Gasteiger partial charge in [-0.3, -0.25) is 4.79 Å². The lowest BCUT2D eigenvalue weighted by molar-refractivity contribution is 0.0955. The number of carbonyl (C=O) groups excluding carboxylic acids is 1. The molecule has 2 aromatic rings. The number of carbonyl (C=O) groups is 1. The van der Waals surface area contributed by atoms with Gasteiger partial charge in [0.15, 0.2) is 0 Å². The zero-order valence-corrected chi connectivity index (χ0v) is 17.8. The van der Waals surface area contributed by atoms with Crippen molar-refractivity contribution in [2.45, 2.75) is 37.5 Å². The molecule has 154 valence electrons. The van der Waals surface area contributed by atoms with E-state index in [0.29, 0.717) is 29.4 Å². The molecule has 1 heterocycles. The summed E-state index contributed by atoms with van der Waals surface area (Å²) in [4.78, 5) is 12.4. The van der Waals surface area contributed by atoms with Crippen LogP contribution in [0, 0.1) is 0 Å². The number of benzene rings is 2. The topological polar surface area (TPSA) is 78.8 Å². The van der Waals surface area contributed by atoms with Gasteiger partial charge in [0.2, 0.25) is 10.0 Å². The number of amides is 1. The summed E-state index contributed by atoms with van der Waals surface area (Å²) in [6.07, 6.45) is 3.94. The summed E-state index contributed by atoms with van der Waals surface area (Å²) in [5.74, 6) is -0.368.